The smallest absolute Gasteiger partial charge is 0.207 e. The van der Waals surface area contributed by atoms with Gasteiger partial charge in [0.15, 0.2) is 0 Å². The SMILES string of the molecule is O=S(=O)(c1ccccc1)c1cc2ccccc2cc1-c1cccnc1. The Morgan fingerprint density at radius 1 is 0.720 bits per heavy atom. The third-order valence-electron chi connectivity index (χ3n) is 4.16. The highest BCUT2D eigenvalue weighted by molar-refractivity contribution is 7.91. The van der Waals surface area contributed by atoms with Crippen molar-refractivity contribution >= 4 is 20.6 Å². The Kier molecular flexibility index (Phi) is 3.82. The number of hydrogen-bond acceptors (Lipinski definition) is 3. The largest absolute Gasteiger partial charge is 0.264 e. The van der Waals surface area contributed by atoms with Crippen molar-refractivity contribution in [3.8, 4) is 11.1 Å². The molecule has 4 aromatic rings. The maximum atomic E-state index is 13.3. The van der Waals surface area contributed by atoms with Gasteiger partial charge in [0.1, 0.15) is 0 Å². The molecule has 0 fully saturated rings. The summed E-state index contributed by atoms with van der Waals surface area (Å²) in [7, 11) is -3.64. The van der Waals surface area contributed by atoms with Gasteiger partial charge in [-0.1, -0.05) is 48.5 Å². The summed E-state index contributed by atoms with van der Waals surface area (Å²) in [5.74, 6) is 0. The van der Waals surface area contributed by atoms with E-state index in [1.54, 1.807) is 48.8 Å². The maximum Gasteiger partial charge on any atom is 0.207 e. The fourth-order valence-corrected chi connectivity index (χ4v) is 4.43. The first-order valence-electron chi connectivity index (χ1n) is 7.89. The first-order valence-corrected chi connectivity index (χ1v) is 9.38. The lowest BCUT2D eigenvalue weighted by Crippen LogP contribution is -2.04. The van der Waals surface area contributed by atoms with Gasteiger partial charge in [-0.2, -0.15) is 0 Å². The summed E-state index contributed by atoms with van der Waals surface area (Å²) in [6.07, 6.45) is 3.37. The highest BCUT2D eigenvalue weighted by Crippen LogP contribution is 2.34. The van der Waals surface area contributed by atoms with Gasteiger partial charge in [0.2, 0.25) is 9.84 Å². The minimum absolute atomic E-state index is 0.287. The molecular weight excluding hydrogens is 330 g/mol. The normalized spacial score (nSPS) is 11.5. The van der Waals surface area contributed by atoms with Crippen LogP contribution < -0.4 is 0 Å². The fraction of sp³-hybridized carbons (Fsp3) is 0. The molecule has 4 rings (SSSR count). The molecular formula is C21H15NO2S. The molecule has 3 nitrogen and oxygen atoms in total. The van der Waals surface area contributed by atoms with Crippen molar-refractivity contribution in [1.29, 1.82) is 0 Å². The molecule has 0 N–H and O–H groups in total. The summed E-state index contributed by atoms with van der Waals surface area (Å²) >= 11 is 0. The van der Waals surface area contributed by atoms with E-state index < -0.39 is 9.84 Å². The second-order valence-corrected chi connectivity index (χ2v) is 7.67. The van der Waals surface area contributed by atoms with Crippen LogP contribution in [0.2, 0.25) is 0 Å². The molecule has 122 valence electrons. The molecule has 0 atom stereocenters. The van der Waals surface area contributed by atoms with Crippen molar-refractivity contribution in [3.05, 3.63) is 91.3 Å². The minimum Gasteiger partial charge on any atom is -0.264 e. The Hall–Kier alpha value is -2.98. The van der Waals surface area contributed by atoms with Crippen LogP contribution in [0.5, 0.6) is 0 Å². The predicted octanol–water partition coefficient (Wildman–Crippen LogP) is 4.73. The van der Waals surface area contributed by atoms with Crippen LogP contribution in [0, 0.1) is 0 Å². The van der Waals surface area contributed by atoms with Crippen molar-refractivity contribution in [2.24, 2.45) is 0 Å². The molecule has 0 bridgehead atoms. The fourth-order valence-electron chi connectivity index (χ4n) is 2.92. The molecule has 0 amide bonds. The molecule has 1 heterocycles. The Morgan fingerprint density at radius 2 is 1.40 bits per heavy atom. The van der Waals surface area contributed by atoms with Crippen molar-refractivity contribution in [3.63, 3.8) is 0 Å². The van der Waals surface area contributed by atoms with Crippen molar-refractivity contribution in [2.45, 2.75) is 9.79 Å². The number of nitrogens with zero attached hydrogens (tertiary/aromatic N) is 1. The molecule has 4 heteroatoms. The molecule has 3 aromatic carbocycles. The quantitative estimate of drug-likeness (QED) is 0.539. The average Bonchev–Trinajstić information content (AvgIpc) is 2.68. The zero-order chi connectivity index (χ0) is 17.3. The standard InChI is InChI=1S/C21H15NO2S/c23-25(24,19-10-2-1-3-11-19)21-14-17-8-5-4-7-16(17)13-20(21)18-9-6-12-22-15-18/h1-15H. The summed E-state index contributed by atoms with van der Waals surface area (Å²) in [4.78, 5) is 4.73. The molecule has 0 radical (unpaired) electrons. The van der Waals surface area contributed by atoms with Gasteiger partial charge in [0, 0.05) is 23.5 Å². The number of pyridine rings is 1. The van der Waals surface area contributed by atoms with Gasteiger partial charge >= 0.3 is 0 Å². The van der Waals surface area contributed by atoms with Crippen LogP contribution in [0.3, 0.4) is 0 Å². The number of benzene rings is 3. The lowest BCUT2D eigenvalue weighted by molar-refractivity contribution is 0.596. The van der Waals surface area contributed by atoms with Crippen LogP contribution in [0.25, 0.3) is 21.9 Å². The third kappa shape index (κ3) is 2.81. The maximum absolute atomic E-state index is 13.3. The Bertz CT molecular complexity index is 1140. The highest BCUT2D eigenvalue weighted by Gasteiger charge is 2.22. The van der Waals surface area contributed by atoms with Crippen molar-refractivity contribution in [1.82, 2.24) is 4.98 Å². The number of aromatic nitrogens is 1. The molecule has 0 aliphatic heterocycles. The van der Waals surface area contributed by atoms with Gasteiger partial charge in [-0.3, -0.25) is 4.98 Å². The number of hydrogen-bond donors (Lipinski definition) is 0. The summed E-state index contributed by atoms with van der Waals surface area (Å²) in [6.45, 7) is 0. The summed E-state index contributed by atoms with van der Waals surface area (Å²) in [5, 5.41) is 1.89. The van der Waals surface area contributed by atoms with Crippen LogP contribution in [-0.4, -0.2) is 13.4 Å². The first-order chi connectivity index (χ1) is 12.2. The Balaban J connectivity index is 2.05. The molecule has 0 unspecified atom stereocenters. The molecule has 0 saturated carbocycles. The second kappa shape index (κ2) is 6.15. The van der Waals surface area contributed by atoms with Crippen LogP contribution >= 0.6 is 0 Å². The summed E-state index contributed by atoms with van der Waals surface area (Å²) in [5.41, 5.74) is 1.44. The van der Waals surface area contributed by atoms with Gasteiger partial charge in [0.05, 0.1) is 9.79 Å². The van der Waals surface area contributed by atoms with E-state index in [0.29, 0.717) is 10.5 Å². The molecule has 0 spiro atoms. The molecule has 0 aliphatic carbocycles. The van der Waals surface area contributed by atoms with Crippen molar-refractivity contribution in [2.75, 3.05) is 0 Å². The first kappa shape index (κ1) is 15.5. The van der Waals surface area contributed by atoms with E-state index in [2.05, 4.69) is 4.98 Å². The lowest BCUT2D eigenvalue weighted by atomic mass is 10.0. The topological polar surface area (TPSA) is 47.0 Å². The molecule has 0 saturated heterocycles. The summed E-state index contributed by atoms with van der Waals surface area (Å²) < 4.78 is 26.5. The van der Waals surface area contributed by atoms with Crippen LogP contribution in [-0.2, 0) is 9.84 Å². The zero-order valence-corrected chi connectivity index (χ0v) is 14.1. The number of fused-ring (bicyclic) bond motifs is 1. The Labute approximate surface area is 146 Å². The van der Waals surface area contributed by atoms with Gasteiger partial charge in [-0.05, 0) is 41.1 Å². The van der Waals surface area contributed by atoms with Crippen molar-refractivity contribution < 1.29 is 8.42 Å². The van der Waals surface area contributed by atoms with Gasteiger partial charge < -0.3 is 0 Å². The molecule has 25 heavy (non-hydrogen) atoms. The number of sulfone groups is 1. The highest BCUT2D eigenvalue weighted by atomic mass is 32.2. The van der Waals surface area contributed by atoms with E-state index in [0.717, 1.165) is 16.3 Å². The van der Waals surface area contributed by atoms with Gasteiger partial charge in [-0.15, -0.1) is 0 Å². The monoisotopic (exact) mass is 345 g/mol. The van der Waals surface area contributed by atoms with E-state index in [9.17, 15) is 8.42 Å². The average molecular weight is 345 g/mol. The lowest BCUT2D eigenvalue weighted by Gasteiger charge is -2.13. The predicted molar refractivity (Wildman–Crippen MR) is 99.1 cm³/mol. The van der Waals surface area contributed by atoms with Crippen LogP contribution in [0.4, 0.5) is 0 Å². The molecule has 0 aliphatic rings. The van der Waals surface area contributed by atoms with E-state index in [-0.39, 0.29) is 4.90 Å². The second-order valence-electron chi connectivity index (χ2n) is 5.75. The zero-order valence-electron chi connectivity index (χ0n) is 13.3. The van der Waals surface area contributed by atoms with E-state index in [4.69, 9.17) is 0 Å². The molecule has 1 aromatic heterocycles. The Morgan fingerprint density at radius 3 is 2.08 bits per heavy atom. The minimum atomic E-state index is -3.64. The van der Waals surface area contributed by atoms with Gasteiger partial charge in [-0.25, -0.2) is 8.42 Å². The van der Waals surface area contributed by atoms with Gasteiger partial charge in [0.25, 0.3) is 0 Å². The third-order valence-corrected chi connectivity index (χ3v) is 5.97. The van der Waals surface area contributed by atoms with Crippen LogP contribution in [0.15, 0.2) is 101 Å². The van der Waals surface area contributed by atoms with E-state index >= 15 is 0 Å². The summed E-state index contributed by atoms with van der Waals surface area (Å²) in [6, 6.07) is 23.6. The van der Waals surface area contributed by atoms with E-state index in [1.165, 1.54) is 0 Å². The van der Waals surface area contributed by atoms with Crippen LogP contribution in [0.1, 0.15) is 0 Å². The van der Waals surface area contributed by atoms with E-state index in [1.807, 2.05) is 42.5 Å². The number of rotatable bonds is 3.